The summed E-state index contributed by atoms with van der Waals surface area (Å²) in [6.45, 7) is 3.11. The highest BCUT2D eigenvalue weighted by Gasteiger charge is 2.41. The topological polar surface area (TPSA) is 92.8 Å². The van der Waals surface area contributed by atoms with Gasteiger partial charge in [0.2, 0.25) is 0 Å². The summed E-state index contributed by atoms with van der Waals surface area (Å²) in [5, 5.41) is 6.14. The number of rotatable bonds is 9. The fraction of sp³-hybridized carbons (Fsp3) is 0.500. The maximum atomic E-state index is 13.0. The Morgan fingerprint density at radius 3 is 2.50 bits per heavy atom. The number of pyridine rings is 1. The van der Waals surface area contributed by atoms with Gasteiger partial charge in [-0.1, -0.05) is 6.07 Å². The molecule has 2 aliphatic heterocycles. The van der Waals surface area contributed by atoms with Crippen LogP contribution in [-0.4, -0.2) is 62.3 Å². The zero-order valence-electron chi connectivity index (χ0n) is 20.2. The van der Waals surface area contributed by atoms with Gasteiger partial charge in [0.15, 0.2) is 0 Å². The van der Waals surface area contributed by atoms with Crippen LogP contribution in [0.5, 0.6) is 5.75 Å². The monoisotopic (exact) mass is 466 g/mol. The zero-order valence-corrected chi connectivity index (χ0v) is 20.2. The second-order valence-electron chi connectivity index (χ2n) is 9.07. The number of nitrogens with one attached hydrogen (secondary N) is 2. The first kappa shape index (κ1) is 24.0. The van der Waals surface area contributed by atoms with Crippen LogP contribution in [-0.2, 0) is 4.74 Å². The normalized spacial score (nSPS) is 21.3. The van der Waals surface area contributed by atoms with Crippen molar-refractivity contribution in [3.05, 3.63) is 53.2 Å². The van der Waals surface area contributed by atoms with E-state index in [9.17, 15) is 9.59 Å². The van der Waals surface area contributed by atoms with Crippen LogP contribution in [0.3, 0.4) is 0 Å². The molecule has 2 amide bonds. The van der Waals surface area contributed by atoms with Crippen molar-refractivity contribution in [2.45, 2.75) is 57.2 Å². The SMILES string of the molecule is COCCCNC(=O)c1ccc(N2[C@@H]3CC[C@H]2C[C@@H](NC(=O)c2cccc(OC)c2C)C3)nc1. The summed E-state index contributed by atoms with van der Waals surface area (Å²) in [7, 11) is 3.27. The van der Waals surface area contributed by atoms with Gasteiger partial charge in [-0.3, -0.25) is 9.59 Å². The highest BCUT2D eigenvalue weighted by molar-refractivity contribution is 5.96. The van der Waals surface area contributed by atoms with Crippen LogP contribution >= 0.6 is 0 Å². The minimum Gasteiger partial charge on any atom is -0.496 e. The molecule has 182 valence electrons. The molecule has 1 aromatic carbocycles. The number of piperidine rings is 1. The number of hydrogen-bond donors (Lipinski definition) is 2. The number of carbonyl (C=O) groups is 2. The highest BCUT2D eigenvalue weighted by atomic mass is 16.5. The minimum absolute atomic E-state index is 0.0479. The summed E-state index contributed by atoms with van der Waals surface area (Å²) in [5.41, 5.74) is 2.08. The number of hydrogen-bond acceptors (Lipinski definition) is 6. The summed E-state index contributed by atoms with van der Waals surface area (Å²) in [4.78, 5) is 32.3. The molecule has 1 aromatic heterocycles. The van der Waals surface area contributed by atoms with Crippen LogP contribution in [0, 0.1) is 6.92 Å². The van der Waals surface area contributed by atoms with E-state index in [2.05, 4.69) is 20.5 Å². The number of aromatic nitrogens is 1. The first-order chi connectivity index (χ1) is 16.5. The van der Waals surface area contributed by atoms with Crippen molar-refractivity contribution in [1.82, 2.24) is 15.6 Å². The predicted molar refractivity (Wildman–Crippen MR) is 131 cm³/mol. The summed E-state index contributed by atoms with van der Waals surface area (Å²) >= 11 is 0. The maximum absolute atomic E-state index is 13.0. The van der Waals surface area contributed by atoms with E-state index in [0.717, 1.165) is 49.2 Å². The van der Waals surface area contributed by atoms with Crippen LogP contribution in [0.1, 0.15) is 58.4 Å². The van der Waals surface area contributed by atoms with E-state index in [1.807, 2.05) is 37.3 Å². The molecule has 0 spiro atoms. The minimum atomic E-state index is -0.118. The van der Waals surface area contributed by atoms with Gasteiger partial charge in [-0.2, -0.15) is 0 Å². The van der Waals surface area contributed by atoms with Gasteiger partial charge in [0, 0.05) is 55.7 Å². The van der Waals surface area contributed by atoms with E-state index in [-0.39, 0.29) is 17.9 Å². The van der Waals surface area contributed by atoms with E-state index in [1.165, 1.54) is 0 Å². The Morgan fingerprint density at radius 1 is 1.09 bits per heavy atom. The quantitative estimate of drug-likeness (QED) is 0.552. The van der Waals surface area contributed by atoms with Crippen molar-refractivity contribution in [3.63, 3.8) is 0 Å². The summed E-state index contributed by atoms with van der Waals surface area (Å²) < 4.78 is 10.4. The number of carbonyl (C=O) groups excluding carboxylic acids is 2. The summed E-state index contributed by atoms with van der Waals surface area (Å²) in [6, 6.07) is 10.1. The van der Waals surface area contributed by atoms with Gasteiger partial charge in [0.1, 0.15) is 11.6 Å². The zero-order chi connectivity index (χ0) is 24.1. The molecule has 2 fully saturated rings. The molecule has 2 bridgehead atoms. The molecule has 3 heterocycles. The first-order valence-corrected chi connectivity index (χ1v) is 12.0. The van der Waals surface area contributed by atoms with Crippen LogP contribution in [0.4, 0.5) is 5.82 Å². The van der Waals surface area contributed by atoms with Gasteiger partial charge < -0.3 is 25.0 Å². The van der Waals surface area contributed by atoms with E-state index in [0.29, 0.717) is 36.4 Å². The van der Waals surface area contributed by atoms with E-state index in [1.54, 1.807) is 20.4 Å². The molecule has 2 saturated heterocycles. The smallest absolute Gasteiger partial charge is 0.252 e. The van der Waals surface area contributed by atoms with Crippen LogP contribution in [0.2, 0.25) is 0 Å². The lowest BCUT2D eigenvalue weighted by Crippen LogP contribution is -2.50. The second kappa shape index (κ2) is 10.9. The Bertz CT molecular complexity index is 996. The maximum Gasteiger partial charge on any atom is 0.252 e. The van der Waals surface area contributed by atoms with Crippen molar-refractivity contribution in [1.29, 1.82) is 0 Å². The number of methoxy groups -OCH3 is 2. The number of fused-ring (bicyclic) bond motifs is 2. The van der Waals surface area contributed by atoms with Gasteiger partial charge in [-0.25, -0.2) is 4.98 Å². The van der Waals surface area contributed by atoms with Crippen molar-refractivity contribution >= 4 is 17.6 Å². The van der Waals surface area contributed by atoms with Gasteiger partial charge in [0.05, 0.1) is 12.7 Å². The molecule has 0 unspecified atom stereocenters. The molecule has 2 aliphatic rings. The molecule has 0 radical (unpaired) electrons. The molecular weight excluding hydrogens is 432 g/mol. The largest absolute Gasteiger partial charge is 0.496 e. The number of benzene rings is 1. The standard InChI is InChI=1S/C26H34N4O4/c1-17-22(6-4-7-23(17)34-3)26(32)29-19-14-20-9-10-21(15-19)30(20)24-11-8-18(16-28-24)25(31)27-12-5-13-33-2/h4,6-8,11,16,19-21H,5,9-10,12-15H2,1-3H3,(H,27,31)(H,29,32)/t19-,20+,21-. The molecule has 34 heavy (non-hydrogen) atoms. The van der Waals surface area contributed by atoms with Gasteiger partial charge in [0.25, 0.3) is 11.8 Å². The molecule has 3 atom stereocenters. The molecule has 0 aliphatic carbocycles. The first-order valence-electron chi connectivity index (χ1n) is 12.0. The van der Waals surface area contributed by atoms with Gasteiger partial charge >= 0.3 is 0 Å². The van der Waals surface area contributed by atoms with E-state index >= 15 is 0 Å². The van der Waals surface area contributed by atoms with Crippen molar-refractivity contribution < 1.29 is 19.1 Å². The Balaban J connectivity index is 1.36. The average molecular weight is 467 g/mol. The van der Waals surface area contributed by atoms with Crippen LogP contribution in [0.15, 0.2) is 36.5 Å². The number of anilines is 1. The lowest BCUT2D eigenvalue weighted by molar-refractivity contribution is 0.0923. The van der Waals surface area contributed by atoms with Gasteiger partial charge in [-0.15, -0.1) is 0 Å². The molecule has 4 rings (SSSR count). The third-order valence-electron chi connectivity index (χ3n) is 6.90. The Hall–Kier alpha value is -3.13. The van der Waals surface area contributed by atoms with Crippen LogP contribution < -0.4 is 20.3 Å². The van der Waals surface area contributed by atoms with Crippen LogP contribution in [0.25, 0.3) is 0 Å². The molecule has 2 aromatic rings. The molecular formula is C26H34N4O4. The summed E-state index contributed by atoms with van der Waals surface area (Å²) in [6.07, 6.45) is 6.36. The molecule has 0 saturated carbocycles. The lowest BCUT2D eigenvalue weighted by atomic mass is 9.96. The van der Waals surface area contributed by atoms with Crippen molar-refractivity contribution in [3.8, 4) is 5.75 Å². The third kappa shape index (κ3) is 5.17. The molecule has 2 N–H and O–H groups in total. The van der Waals surface area contributed by atoms with Crippen molar-refractivity contribution in [2.24, 2.45) is 0 Å². The molecule has 8 nitrogen and oxygen atoms in total. The number of amides is 2. The third-order valence-corrected chi connectivity index (χ3v) is 6.90. The summed E-state index contributed by atoms with van der Waals surface area (Å²) in [5.74, 6) is 1.46. The molecule has 8 heteroatoms. The highest BCUT2D eigenvalue weighted by Crippen LogP contribution is 2.38. The van der Waals surface area contributed by atoms with Gasteiger partial charge in [-0.05, 0) is 63.3 Å². The second-order valence-corrected chi connectivity index (χ2v) is 9.07. The fourth-order valence-corrected chi connectivity index (χ4v) is 5.21. The van der Waals surface area contributed by atoms with E-state index < -0.39 is 0 Å². The Kier molecular flexibility index (Phi) is 7.67. The number of ether oxygens (including phenoxy) is 2. The van der Waals surface area contributed by atoms with E-state index in [4.69, 9.17) is 9.47 Å². The Morgan fingerprint density at radius 2 is 1.85 bits per heavy atom. The predicted octanol–water partition coefficient (Wildman–Crippen LogP) is 3.09. The lowest BCUT2D eigenvalue weighted by Gasteiger charge is -2.40. The number of nitrogens with zero attached hydrogens (tertiary/aromatic N) is 2. The average Bonchev–Trinajstić information content (AvgIpc) is 3.12. The fourth-order valence-electron chi connectivity index (χ4n) is 5.21. The van der Waals surface area contributed by atoms with Crippen molar-refractivity contribution in [2.75, 3.05) is 32.3 Å². The Labute approximate surface area is 201 Å².